The molecule has 18 atom stereocenters. The summed E-state index contributed by atoms with van der Waals surface area (Å²) >= 11 is 0. The fraction of sp³-hybridized carbons (Fsp3) is 0.907. The van der Waals surface area contributed by atoms with Crippen LogP contribution in [0.1, 0.15) is 133 Å². The molecule has 5 rings (SSSR count). The third-order valence-corrected chi connectivity index (χ3v) is 14.7. The second-order valence-corrected chi connectivity index (χ2v) is 18.2. The molecule has 310 valence electrons. The number of rotatable bonds is 12. The van der Waals surface area contributed by atoms with Gasteiger partial charge in [0.1, 0.15) is 11.9 Å². The average molecular weight is 764 g/mol. The summed E-state index contributed by atoms with van der Waals surface area (Å²) in [4.78, 5) is 27.1. The van der Waals surface area contributed by atoms with Gasteiger partial charge >= 0.3 is 0 Å². The molecule has 5 aliphatic rings. The van der Waals surface area contributed by atoms with E-state index < -0.39 is 52.9 Å². The minimum Gasteiger partial charge on any atom is -0.392 e. The number of hydrogen-bond donors (Lipinski definition) is 4. The molecule has 5 aliphatic heterocycles. The summed E-state index contributed by atoms with van der Waals surface area (Å²) in [6, 6.07) is 0. The van der Waals surface area contributed by atoms with E-state index in [9.17, 15) is 24.9 Å². The zero-order valence-corrected chi connectivity index (χ0v) is 35.0. The van der Waals surface area contributed by atoms with Gasteiger partial charge in [0.2, 0.25) is 11.7 Å². The van der Waals surface area contributed by atoms with Crippen LogP contribution in [-0.4, -0.2) is 99.6 Å². The molecule has 2 spiro atoms. The highest BCUT2D eigenvalue weighted by molar-refractivity contribution is 5.84. The summed E-state index contributed by atoms with van der Waals surface area (Å²) in [5.41, 5.74) is -1.62. The number of aliphatic hydroxyl groups excluding tert-OH is 2. The Morgan fingerprint density at radius 3 is 2.20 bits per heavy atom. The maximum absolute atomic E-state index is 14.5. The molecule has 0 saturated carbocycles. The van der Waals surface area contributed by atoms with Crippen molar-refractivity contribution < 1.29 is 48.6 Å². The standard InChI is InChI=1S/C43H73NO10/c1-12-30(39(48)44-11)32-16-15-24(4)37(51-32)28(8)35(46)27(7)36(47)31(13-2)38-25(5)23-26(6)42(52-38)20-17-33(45)43(54-42)22-21-40(10,53-43)34-18-19-41(49,14-3)29(9)50-34/h17,20,24-35,37-38,45-46,49H,12-16,18-19,21-23H2,1-11H3,(H,44,48)/t24-,25-,26+,27-,28-,29-,30+,31-,32+,33+,34+,35+,37+,38-,40-,41+,42-,43-/m0/s1. The number of amides is 1. The van der Waals surface area contributed by atoms with Gasteiger partial charge in [0.05, 0.1) is 53.7 Å². The molecule has 0 aliphatic carbocycles. The summed E-state index contributed by atoms with van der Waals surface area (Å²) < 4.78 is 33.7. The van der Waals surface area contributed by atoms with Crippen molar-refractivity contribution in [2.75, 3.05) is 7.05 Å². The molecule has 0 aromatic heterocycles. The lowest BCUT2D eigenvalue weighted by Gasteiger charge is -2.54. The third kappa shape index (κ3) is 8.00. The summed E-state index contributed by atoms with van der Waals surface area (Å²) in [6.45, 7) is 20.0. The molecule has 4 fully saturated rings. The molecular formula is C43H73NO10. The van der Waals surface area contributed by atoms with Gasteiger partial charge in [-0.25, -0.2) is 0 Å². The van der Waals surface area contributed by atoms with Crippen LogP contribution in [0, 0.1) is 41.4 Å². The number of carbonyl (C=O) groups is 2. The molecule has 11 heteroatoms. The molecule has 11 nitrogen and oxygen atoms in total. The van der Waals surface area contributed by atoms with Crippen LogP contribution in [0.2, 0.25) is 0 Å². The highest BCUT2D eigenvalue weighted by Gasteiger charge is 2.63. The Labute approximate surface area is 324 Å². The van der Waals surface area contributed by atoms with Crippen LogP contribution in [0.25, 0.3) is 0 Å². The molecule has 1 amide bonds. The number of ketones is 1. The first-order chi connectivity index (χ1) is 25.3. The number of nitrogens with one attached hydrogen (secondary N) is 1. The van der Waals surface area contributed by atoms with Crippen molar-refractivity contribution >= 4 is 11.7 Å². The summed E-state index contributed by atoms with van der Waals surface area (Å²) in [6.07, 6.45) is 6.39. The van der Waals surface area contributed by atoms with Crippen molar-refractivity contribution in [1.82, 2.24) is 5.32 Å². The predicted octanol–water partition coefficient (Wildman–Crippen LogP) is 5.85. The van der Waals surface area contributed by atoms with E-state index in [0.29, 0.717) is 44.9 Å². The number of hydrogen-bond acceptors (Lipinski definition) is 10. The minimum atomic E-state index is -1.36. The molecule has 54 heavy (non-hydrogen) atoms. The first-order valence-electron chi connectivity index (χ1n) is 21.3. The summed E-state index contributed by atoms with van der Waals surface area (Å²) in [7, 11) is 1.65. The normalized spacial score (nSPS) is 45.5. The molecule has 0 aromatic rings. The number of carbonyl (C=O) groups excluding carboxylic acids is 2. The Balaban J connectivity index is 1.31. The second-order valence-electron chi connectivity index (χ2n) is 18.2. The zero-order chi connectivity index (χ0) is 40.0. The van der Waals surface area contributed by atoms with E-state index in [4.69, 9.17) is 23.7 Å². The Kier molecular flexibility index (Phi) is 13.6. The Morgan fingerprint density at radius 2 is 1.59 bits per heavy atom. The molecule has 0 bridgehead atoms. The van der Waals surface area contributed by atoms with Gasteiger partial charge in [-0.2, -0.15) is 0 Å². The summed E-state index contributed by atoms with van der Waals surface area (Å²) in [5, 5.41) is 37.1. The Morgan fingerprint density at radius 1 is 0.907 bits per heavy atom. The van der Waals surface area contributed by atoms with E-state index >= 15 is 0 Å². The average Bonchev–Trinajstić information content (AvgIpc) is 3.50. The first kappa shape index (κ1) is 43.7. The van der Waals surface area contributed by atoms with E-state index in [1.165, 1.54) is 0 Å². The van der Waals surface area contributed by atoms with Crippen molar-refractivity contribution in [1.29, 1.82) is 0 Å². The lowest BCUT2D eigenvalue weighted by atomic mass is 9.72. The van der Waals surface area contributed by atoms with Crippen LogP contribution < -0.4 is 5.32 Å². The van der Waals surface area contributed by atoms with Crippen LogP contribution in [0.4, 0.5) is 0 Å². The van der Waals surface area contributed by atoms with Crippen LogP contribution in [0.5, 0.6) is 0 Å². The molecule has 5 heterocycles. The molecule has 0 unspecified atom stereocenters. The van der Waals surface area contributed by atoms with Gasteiger partial charge in [0.15, 0.2) is 5.79 Å². The van der Waals surface area contributed by atoms with E-state index in [1.807, 2.05) is 54.5 Å². The van der Waals surface area contributed by atoms with Crippen molar-refractivity contribution in [3.63, 3.8) is 0 Å². The maximum atomic E-state index is 14.5. The number of ether oxygens (including phenoxy) is 5. The van der Waals surface area contributed by atoms with E-state index in [-0.39, 0.29) is 65.7 Å². The highest BCUT2D eigenvalue weighted by atomic mass is 16.8. The van der Waals surface area contributed by atoms with Crippen molar-refractivity contribution in [2.24, 2.45) is 41.4 Å². The van der Waals surface area contributed by atoms with Gasteiger partial charge in [-0.1, -0.05) is 55.4 Å². The van der Waals surface area contributed by atoms with Crippen LogP contribution in [0.15, 0.2) is 12.2 Å². The molecule has 0 aromatic carbocycles. The minimum absolute atomic E-state index is 0.0310. The van der Waals surface area contributed by atoms with Crippen LogP contribution in [0.3, 0.4) is 0 Å². The van der Waals surface area contributed by atoms with Gasteiger partial charge in [0.25, 0.3) is 0 Å². The van der Waals surface area contributed by atoms with Crippen molar-refractivity contribution in [3.8, 4) is 0 Å². The molecule has 4 N–H and O–H groups in total. The van der Waals surface area contributed by atoms with Gasteiger partial charge in [-0.3, -0.25) is 9.59 Å². The van der Waals surface area contributed by atoms with Crippen LogP contribution in [-0.2, 0) is 33.3 Å². The zero-order valence-electron chi connectivity index (χ0n) is 35.0. The van der Waals surface area contributed by atoms with Crippen molar-refractivity contribution in [3.05, 3.63) is 12.2 Å². The van der Waals surface area contributed by atoms with Gasteiger partial charge < -0.3 is 44.3 Å². The second kappa shape index (κ2) is 16.8. The van der Waals surface area contributed by atoms with Gasteiger partial charge in [0, 0.05) is 37.1 Å². The van der Waals surface area contributed by atoms with Gasteiger partial charge in [-0.05, 0) is 95.6 Å². The maximum Gasteiger partial charge on any atom is 0.225 e. The van der Waals surface area contributed by atoms with Crippen molar-refractivity contribution in [2.45, 2.75) is 199 Å². The van der Waals surface area contributed by atoms with Gasteiger partial charge in [-0.15, -0.1) is 0 Å². The monoisotopic (exact) mass is 764 g/mol. The fourth-order valence-corrected chi connectivity index (χ4v) is 10.7. The van der Waals surface area contributed by atoms with E-state index in [1.54, 1.807) is 13.1 Å². The smallest absolute Gasteiger partial charge is 0.225 e. The Bertz CT molecular complexity index is 1340. The van der Waals surface area contributed by atoms with E-state index in [0.717, 1.165) is 19.3 Å². The van der Waals surface area contributed by atoms with E-state index in [2.05, 4.69) is 26.1 Å². The largest absolute Gasteiger partial charge is 0.392 e. The lowest BCUT2D eigenvalue weighted by Crippen LogP contribution is -2.63. The SMILES string of the molecule is CC[C@@H](C(=O)[C@@H](C)[C@@H](O)[C@H](C)[C@@H]1O[C@@H]([C@@H](CC)C(=O)NC)CC[C@@H]1C)[C@H]1O[C@]2(C=C[C@@H](O)[C@]3(CC[C@@](C)([C@H]4CC[C@](O)(CC)[C@H](C)O4)O3)O2)[C@H](C)C[C@@H]1C. The summed E-state index contributed by atoms with van der Waals surface area (Å²) in [5.74, 6) is -4.33. The highest BCUT2D eigenvalue weighted by Crippen LogP contribution is 2.54. The topological polar surface area (TPSA) is 153 Å². The number of Topliss-reactive ketones (excluding diaryl/α,β-unsaturated/α-hetero) is 1. The first-order valence-corrected chi connectivity index (χ1v) is 21.3. The molecule has 0 radical (unpaired) electrons. The fourth-order valence-electron chi connectivity index (χ4n) is 10.7. The molecular weight excluding hydrogens is 690 g/mol. The molecule has 4 saturated heterocycles. The van der Waals surface area contributed by atoms with Crippen LogP contribution >= 0.6 is 0 Å². The Hall–Kier alpha value is -1.44. The quantitative estimate of drug-likeness (QED) is 0.178. The predicted molar refractivity (Wildman–Crippen MR) is 205 cm³/mol. The lowest BCUT2D eigenvalue weighted by molar-refractivity contribution is -0.409. The third-order valence-electron chi connectivity index (χ3n) is 14.7. The number of aliphatic hydroxyl groups is 3.